The van der Waals surface area contributed by atoms with Crippen LogP contribution in [0.25, 0.3) is 11.4 Å². The summed E-state index contributed by atoms with van der Waals surface area (Å²) in [6.07, 6.45) is 2.99. The first kappa shape index (κ1) is 21.7. The van der Waals surface area contributed by atoms with Crippen LogP contribution >= 0.6 is 23.2 Å². The Morgan fingerprint density at radius 2 is 1.52 bits per heavy atom. The molecule has 0 aliphatic carbocycles. The van der Waals surface area contributed by atoms with Gasteiger partial charge in [0, 0.05) is 44.1 Å². The average Bonchev–Trinajstić information content (AvgIpc) is 2.81. The van der Waals surface area contributed by atoms with Crippen molar-refractivity contribution in [1.82, 2.24) is 19.2 Å². The Labute approximate surface area is 190 Å². The molecule has 7 nitrogen and oxygen atoms in total. The van der Waals surface area contributed by atoms with Crippen LogP contribution in [0.3, 0.4) is 0 Å². The summed E-state index contributed by atoms with van der Waals surface area (Å²) in [6, 6.07) is 13.7. The van der Waals surface area contributed by atoms with Crippen molar-refractivity contribution in [3.8, 4) is 11.4 Å². The second-order valence-electron chi connectivity index (χ2n) is 6.93. The molecule has 0 N–H and O–H groups in total. The van der Waals surface area contributed by atoms with E-state index < -0.39 is 10.0 Å². The molecule has 10 heteroatoms. The molecule has 0 spiro atoms. The van der Waals surface area contributed by atoms with Crippen molar-refractivity contribution >= 4 is 39.1 Å². The van der Waals surface area contributed by atoms with Crippen LogP contribution in [0.15, 0.2) is 65.8 Å². The van der Waals surface area contributed by atoms with Crippen molar-refractivity contribution in [1.29, 1.82) is 0 Å². The van der Waals surface area contributed by atoms with E-state index in [1.165, 1.54) is 34.9 Å². The van der Waals surface area contributed by atoms with E-state index >= 15 is 0 Å². The fourth-order valence-electron chi connectivity index (χ4n) is 3.28. The molecule has 1 aromatic heterocycles. The molecule has 0 bridgehead atoms. The summed E-state index contributed by atoms with van der Waals surface area (Å²) in [6.45, 7) is 0.883. The second kappa shape index (κ2) is 8.92. The number of amides is 1. The van der Waals surface area contributed by atoms with Crippen LogP contribution in [0.5, 0.6) is 0 Å². The number of halogens is 2. The highest BCUT2D eigenvalue weighted by Crippen LogP contribution is 2.27. The minimum Gasteiger partial charge on any atom is -0.336 e. The third-order valence-corrected chi connectivity index (χ3v) is 7.62. The number of carbonyl (C=O) groups excluding carboxylic acids is 1. The summed E-state index contributed by atoms with van der Waals surface area (Å²) in [5.74, 6) is 0.306. The van der Waals surface area contributed by atoms with Gasteiger partial charge in [-0.1, -0.05) is 53.5 Å². The Balaban J connectivity index is 1.42. The van der Waals surface area contributed by atoms with Gasteiger partial charge in [0.05, 0.1) is 20.5 Å². The predicted molar refractivity (Wildman–Crippen MR) is 119 cm³/mol. The lowest BCUT2D eigenvalue weighted by molar-refractivity contribution is 0.0697. The van der Waals surface area contributed by atoms with Gasteiger partial charge < -0.3 is 4.90 Å². The van der Waals surface area contributed by atoms with Gasteiger partial charge in [0.1, 0.15) is 0 Å². The van der Waals surface area contributed by atoms with E-state index in [1.54, 1.807) is 4.90 Å². The van der Waals surface area contributed by atoms with E-state index in [0.29, 0.717) is 11.4 Å². The van der Waals surface area contributed by atoms with Gasteiger partial charge >= 0.3 is 0 Å². The minimum atomic E-state index is -3.72. The molecule has 1 saturated heterocycles. The summed E-state index contributed by atoms with van der Waals surface area (Å²) in [4.78, 5) is 23.0. The number of hydrogen-bond acceptors (Lipinski definition) is 5. The Morgan fingerprint density at radius 1 is 0.871 bits per heavy atom. The van der Waals surface area contributed by atoms with Crippen LogP contribution < -0.4 is 0 Å². The largest absolute Gasteiger partial charge is 0.336 e. The van der Waals surface area contributed by atoms with Crippen LogP contribution in [-0.4, -0.2) is 59.7 Å². The van der Waals surface area contributed by atoms with Crippen molar-refractivity contribution in [2.75, 3.05) is 26.2 Å². The standard InChI is InChI=1S/C21H18Cl2N4O3S/c22-18-7-6-17(12-19(18)23)31(29,30)27-10-8-26(9-11-27)21(28)16-13-24-20(25-14-16)15-4-2-1-3-5-15/h1-7,12-14H,8-11H2. The topological polar surface area (TPSA) is 83.5 Å². The normalized spacial score (nSPS) is 15.1. The molecule has 1 fully saturated rings. The number of nitrogens with zero attached hydrogens (tertiary/aromatic N) is 4. The first-order valence-corrected chi connectivity index (χ1v) is 11.7. The molecule has 3 aromatic rings. The van der Waals surface area contributed by atoms with Gasteiger partial charge in [0.2, 0.25) is 10.0 Å². The Hall–Kier alpha value is -2.52. The first-order valence-electron chi connectivity index (χ1n) is 9.48. The van der Waals surface area contributed by atoms with Gasteiger partial charge in [-0.15, -0.1) is 0 Å². The third-order valence-electron chi connectivity index (χ3n) is 4.99. The molecule has 0 saturated carbocycles. The van der Waals surface area contributed by atoms with Crippen LogP contribution in [0.2, 0.25) is 10.0 Å². The molecule has 1 aliphatic heterocycles. The molecule has 31 heavy (non-hydrogen) atoms. The summed E-state index contributed by atoms with van der Waals surface area (Å²) in [5.41, 5.74) is 1.23. The van der Waals surface area contributed by atoms with E-state index in [-0.39, 0.29) is 47.0 Å². The highest BCUT2D eigenvalue weighted by Gasteiger charge is 2.31. The molecule has 1 aliphatic rings. The molecule has 2 heterocycles. The molecular weight excluding hydrogens is 459 g/mol. The summed E-state index contributed by atoms with van der Waals surface area (Å²) in [7, 11) is -3.72. The van der Waals surface area contributed by atoms with Gasteiger partial charge in [0.25, 0.3) is 5.91 Å². The predicted octanol–water partition coefficient (Wildman–Crippen LogP) is 3.60. The number of aromatic nitrogens is 2. The summed E-state index contributed by atoms with van der Waals surface area (Å²) >= 11 is 11.8. The Kier molecular flexibility index (Phi) is 6.24. The fourth-order valence-corrected chi connectivity index (χ4v) is 5.09. The highest BCUT2D eigenvalue weighted by molar-refractivity contribution is 7.89. The van der Waals surface area contributed by atoms with Crippen LogP contribution in [-0.2, 0) is 10.0 Å². The van der Waals surface area contributed by atoms with Gasteiger partial charge in [-0.05, 0) is 18.2 Å². The maximum Gasteiger partial charge on any atom is 0.257 e. The Bertz CT molecular complexity index is 1200. The van der Waals surface area contributed by atoms with Gasteiger partial charge in [-0.25, -0.2) is 18.4 Å². The van der Waals surface area contributed by atoms with Crippen LogP contribution in [0.1, 0.15) is 10.4 Å². The van der Waals surface area contributed by atoms with E-state index in [9.17, 15) is 13.2 Å². The maximum absolute atomic E-state index is 12.9. The third kappa shape index (κ3) is 4.57. The van der Waals surface area contributed by atoms with Crippen molar-refractivity contribution in [3.05, 3.63) is 76.5 Å². The van der Waals surface area contributed by atoms with E-state index in [0.717, 1.165) is 5.56 Å². The molecule has 2 aromatic carbocycles. The minimum absolute atomic E-state index is 0.0755. The zero-order valence-electron chi connectivity index (χ0n) is 16.3. The van der Waals surface area contributed by atoms with Gasteiger partial charge in [-0.2, -0.15) is 4.31 Å². The summed E-state index contributed by atoms with van der Waals surface area (Å²) < 4.78 is 27.1. The first-order chi connectivity index (χ1) is 14.9. The number of sulfonamides is 1. The van der Waals surface area contributed by atoms with Crippen LogP contribution in [0.4, 0.5) is 0 Å². The lowest BCUT2D eigenvalue weighted by atomic mass is 10.2. The molecular formula is C21H18Cl2N4O3S. The maximum atomic E-state index is 12.9. The smallest absolute Gasteiger partial charge is 0.257 e. The monoisotopic (exact) mass is 476 g/mol. The van der Waals surface area contributed by atoms with Crippen LogP contribution in [0, 0.1) is 0 Å². The molecule has 4 rings (SSSR count). The molecule has 0 atom stereocenters. The van der Waals surface area contributed by atoms with Gasteiger partial charge in [0.15, 0.2) is 5.82 Å². The molecule has 1 amide bonds. The average molecular weight is 477 g/mol. The Morgan fingerprint density at radius 3 is 2.13 bits per heavy atom. The number of benzene rings is 2. The van der Waals surface area contributed by atoms with Crippen molar-refractivity contribution in [2.45, 2.75) is 4.90 Å². The van der Waals surface area contributed by atoms with E-state index in [1.807, 2.05) is 30.3 Å². The zero-order valence-corrected chi connectivity index (χ0v) is 18.6. The number of hydrogen-bond donors (Lipinski definition) is 0. The van der Waals surface area contributed by atoms with E-state index in [2.05, 4.69) is 9.97 Å². The zero-order chi connectivity index (χ0) is 22.0. The number of carbonyl (C=O) groups is 1. The fraction of sp³-hybridized carbons (Fsp3) is 0.190. The van der Waals surface area contributed by atoms with Gasteiger partial charge in [-0.3, -0.25) is 4.79 Å². The molecule has 160 valence electrons. The number of rotatable bonds is 4. The SMILES string of the molecule is O=C(c1cnc(-c2ccccc2)nc1)N1CCN(S(=O)(=O)c2ccc(Cl)c(Cl)c2)CC1. The van der Waals surface area contributed by atoms with Crippen molar-refractivity contribution < 1.29 is 13.2 Å². The molecule has 0 unspecified atom stereocenters. The van der Waals surface area contributed by atoms with Crippen molar-refractivity contribution in [2.24, 2.45) is 0 Å². The summed E-state index contributed by atoms with van der Waals surface area (Å²) in [5, 5.41) is 0.465. The van der Waals surface area contributed by atoms with E-state index in [4.69, 9.17) is 23.2 Å². The lowest BCUT2D eigenvalue weighted by Crippen LogP contribution is -2.50. The molecule has 0 radical (unpaired) electrons. The second-order valence-corrected chi connectivity index (χ2v) is 9.69. The highest BCUT2D eigenvalue weighted by atomic mass is 35.5. The van der Waals surface area contributed by atoms with Crippen molar-refractivity contribution in [3.63, 3.8) is 0 Å². The quantitative estimate of drug-likeness (QED) is 0.574. The lowest BCUT2D eigenvalue weighted by Gasteiger charge is -2.34. The number of piperazine rings is 1.